The van der Waals surface area contributed by atoms with Gasteiger partial charge in [0, 0.05) is 0 Å². The van der Waals surface area contributed by atoms with E-state index >= 15 is 0 Å². The first-order chi connectivity index (χ1) is 9.47. The van der Waals surface area contributed by atoms with Crippen molar-refractivity contribution < 1.29 is 28.2 Å². The molecule has 7 heteroatoms. The second kappa shape index (κ2) is 7.09. The first-order valence-electron chi connectivity index (χ1n) is 5.54. The zero-order chi connectivity index (χ0) is 15.1. The second-order valence-corrected chi connectivity index (χ2v) is 3.49. The average Bonchev–Trinajstić information content (AvgIpc) is 2.38. The summed E-state index contributed by atoms with van der Waals surface area (Å²) in [6, 6.07) is 5.41. The van der Waals surface area contributed by atoms with Crippen molar-refractivity contribution in [3.8, 4) is 17.6 Å². The van der Waals surface area contributed by atoms with E-state index in [0.29, 0.717) is 5.56 Å². The number of rotatable bonds is 6. The molecule has 0 aromatic heterocycles. The molecular formula is C13H11F2NO4. The Kier molecular flexibility index (Phi) is 5.47. The van der Waals surface area contributed by atoms with Crippen molar-refractivity contribution in [2.45, 2.75) is 13.5 Å². The molecule has 1 rings (SSSR count). The third-order valence-corrected chi connectivity index (χ3v) is 2.15. The molecule has 0 aliphatic carbocycles. The lowest BCUT2D eigenvalue weighted by Crippen LogP contribution is -2.04. The average molecular weight is 283 g/mol. The molecule has 0 fully saturated rings. The number of alkyl halides is 2. The quantitative estimate of drug-likeness (QED) is 0.641. The molecule has 0 aliphatic rings. The van der Waals surface area contributed by atoms with Gasteiger partial charge < -0.3 is 14.6 Å². The van der Waals surface area contributed by atoms with Gasteiger partial charge in [-0.2, -0.15) is 14.0 Å². The van der Waals surface area contributed by atoms with Crippen LogP contribution in [0.1, 0.15) is 12.5 Å². The summed E-state index contributed by atoms with van der Waals surface area (Å²) in [4.78, 5) is 10.7. The summed E-state index contributed by atoms with van der Waals surface area (Å²) >= 11 is 0. The first kappa shape index (κ1) is 15.4. The molecule has 0 bridgehead atoms. The molecule has 0 unspecified atom stereocenters. The monoisotopic (exact) mass is 283 g/mol. The van der Waals surface area contributed by atoms with Crippen LogP contribution in [0.3, 0.4) is 0 Å². The standard InChI is InChI=1S/C13H11F2NO4/c1-2-19-11-6-8(5-9(7-16)12(17)18)3-4-10(11)20-13(14)15/h3-6,13H,2H2,1H3,(H,17,18). The van der Waals surface area contributed by atoms with Gasteiger partial charge in [0.1, 0.15) is 11.6 Å². The van der Waals surface area contributed by atoms with Crippen LogP contribution < -0.4 is 9.47 Å². The molecule has 0 spiro atoms. The molecule has 0 aliphatic heterocycles. The molecule has 1 N–H and O–H groups in total. The lowest BCUT2D eigenvalue weighted by molar-refractivity contribution is -0.132. The number of nitriles is 1. The van der Waals surface area contributed by atoms with E-state index in [4.69, 9.17) is 15.1 Å². The van der Waals surface area contributed by atoms with Crippen LogP contribution >= 0.6 is 0 Å². The Hall–Kier alpha value is -2.62. The van der Waals surface area contributed by atoms with Crippen molar-refractivity contribution in [3.63, 3.8) is 0 Å². The largest absolute Gasteiger partial charge is 0.490 e. The number of hydrogen-bond acceptors (Lipinski definition) is 4. The summed E-state index contributed by atoms with van der Waals surface area (Å²) in [5.41, 5.74) is -0.149. The summed E-state index contributed by atoms with van der Waals surface area (Å²) in [5.74, 6) is -1.49. The van der Waals surface area contributed by atoms with Crippen LogP contribution in [0.25, 0.3) is 6.08 Å². The van der Waals surface area contributed by atoms with Crippen molar-refractivity contribution in [1.29, 1.82) is 5.26 Å². The van der Waals surface area contributed by atoms with E-state index in [1.165, 1.54) is 24.3 Å². The molecule has 106 valence electrons. The maximum Gasteiger partial charge on any atom is 0.387 e. The Morgan fingerprint density at radius 1 is 1.50 bits per heavy atom. The molecule has 0 radical (unpaired) electrons. The maximum absolute atomic E-state index is 12.2. The van der Waals surface area contributed by atoms with Gasteiger partial charge in [-0.25, -0.2) is 4.79 Å². The summed E-state index contributed by atoms with van der Waals surface area (Å²) < 4.78 is 33.8. The zero-order valence-electron chi connectivity index (χ0n) is 10.5. The van der Waals surface area contributed by atoms with Crippen LogP contribution in [0.15, 0.2) is 23.8 Å². The number of nitrogens with zero attached hydrogens (tertiary/aromatic N) is 1. The van der Waals surface area contributed by atoms with Crippen LogP contribution in [-0.2, 0) is 4.79 Å². The summed E-state index contributed by atoms with van der Waals surface area (Å²) in [6.07, 6.45) is 1.11. The molecule has 0 atom stereocenters. The van der Waals surface area contributed by atoms with E-state index in [9.17, 15) is 13.6 Å². The summed E-state index contributed by atoms with van der Waals surface area (Å²) in [6.45, 7) is -1.12. The van der Waals surface area contributed by atoms with Crippen LogP contribution in [0.2, 0.25) is 0 Å². The van der Waals surface area contributed by atoms with Crippen LogP contribution in [-0.4, -0.2) is 24.3 Å². The van der Waals surface area contributed by atoms with Crippen molar-refractivity contribution in [2.75, 3.05) is 6.61 Å². The molecule has 0 heterocycles. The van der Waals surface area contributed by atoms with E-state index in [0.717, 1.165) is 6.08 Å². The minimum Gasteiger partial charge on any atom is -0.490 e. The van der Waals surface area contributed by atoms with Gasteiger partial charge in [0.2, 0.25) is 0 Å². The van der Waals surface area contributed by atoms with Gasteiger partial charge in [-0.15, -0.1) is 0 Å². The maximum atomic E-state index is 12.2. The molecule has 0 saturated heterocycles. The number of hydrogen-bond donors (Lipinski definition) is 1. The first-order valence-corrected chi connectivity index (χ1v) is 5.54. The van der Waals surface area contributed by atoms with Crippen molar-refractivity contribution in [3.05, 3.63) is 29.3 Å². The number of carbonyl (C=O) groups is 1. The predicted molar refractivity (Wildman–Crippen MR) is 65.5 cm³/mol. The summed E-state index contributed by atoms with van der Waals surface area (Å²) in [5, 5.41) is 17.4. The van der Waals surface area contributed by atoms with Crippen LogP contribution in [0.4, 0.5) is 8.78 Å². The lowest BCUT2D eigenvalue weighted by atomic mass is 10.1. The number of benzene rings is 1. The highest BCUT2D eigenvalue weighted by molar-refractivity contribution is 5.96. The van der Waals surface area contributed by atoms with Gasteiger partial charge in [0.15, 0.2) is 11.5 Å². The van der Waals surface area contributed by atoms with Gasteiger partial charge in [0.05, 0.1) is 6.61 Å². The SMILES string of the molecule is CCOc1cc(C=C(C#N)C(=O)O)ccc1OC(F)F. The number of ether oxygens (including phenoxy) is 2. The Bertz CT molecular complexity index is 564. The smallest absolute Gasteiger partial charge is 0.387 e. The van der Waals surface area contributed by atoms with Gasteiger partial charge in [-0.05, 0) is 30.7 Å². The molecule has 1 aromatic rings. The van der Waals surface area contributed by atoms with Crippen molar-refractivity contribution in [1.82, 2.24) is 0 Å². The molecule has 5 nitrogen and oxygen atoms in total. The van der Waals surface area contributed by atoms with Crippen molar-refractivity contribution in [2.24, 2.45) is 0 Å². The van der Waals surface area contributed by atoms with E-state index in [1.807, 2.05) is 0 Å². The Morgan fingerprint density at radius 3 is 2.70 bits per heavy atom. The van der Waals surface area contributed by atoms with E-state index in [2.05, 4.69) is 4.74 Å². The van der Waals surface area contributed by atoms with Crippen LogP contribution in [0.5, 0.6) is 11.5 Å². The highest BCUT2D eigenvalue weighted by Gasteiger charge is 2.12. The Morgan fingerprint density at radius 2 is 2.20 bits per heavy atom. The van der Waals surface area contributed by atoms with Gasteiger partial charge in [-0.1, -0.05) is 6.07 Å². The molecule has 0 amide bonds. The van der Waals surface area contributed by atoms with E-state index in [-0.39, 0.29) is 18.1 Å². The minimum absolute atomic E-state index is 0.0456. The fourth-order valence-corrected chi connectivity index (χ4v) is 1.38. The number of carboxylic acid groups (broad SMARTS) is 1. The molecule has 1 aromatic carbocycles. The molecule has 20 heavy (non-hydrogen) atoms. The molecule has 0 saturated carbocycles. The number of carboxylic acids is 1. The molecular weight excluding hydrogens is 272 g/mol. The highest BCUT2D eigenvalue weighted by atomic mass is 19.3. The Balaban J connectivity index is 3.16. The third-order valence-electron chi connectivity index (χ3n) is 2.15. The van der Waals surface area contributed by atoms with Gasteiger partial charge in [0.25, 0.3) is 0 Å². The lowest BCUT2D eigenvalue weighted by Gasteiger charge is -2.11. The van der Waals surface area contributed by atoms with E-state index in [1.54, 1.807) is 6.92 Å². The number of halogens is 2. The third kappa shape index (κ3) is 4.24. The van der Waals surface area contributed by atoms with Crippen molar-refractivity contribution >= 4 is 12.0 Å². The minimum atomic E-state index is -3.00. The fourth-order valence-electron chi connectivity index (χ4n) is 1.38. The zero-order valence-corrected chi connectivity index (χ0v) is 10.5. The normalized spacial score (nSPS) is 11.1. The number of aliphatic carboxylic acids is 1. The van der Waals surface area contributed by atoms with Gasteiger partial charge in [-0.3, -0.25) is 0 Å². The Labute approximate surface area is 113 Å². The second-order valence-electron chi connectivity index (χ2n) is 3.49. The predicted octanol–water partition coefficient (Wildman–Crippen LogP) is 2.68. The summed E-state index contributed by atoms with van der Waals surface area (Å²) in [7, 11) is 0. The highest BCUT2D eigenvalue weighted by Crippen LogP contribution is 2.30. The van der Waals surface area contributed by atoms with Gasteiger partial charge >= 0.3 is 12.6 Å². The van der Waals surface area contributed by atoms with Crippen LogP contribution in [0, 0.1) is 11.3 Å². The topological polar surface area (TPSA) is 79.5 Å². The van der Waals surface area contributed by atoms with E-state index < -0.39 is 18.2 Å². The fraction of sp³-hybridized carbons (Fsp3) is 0.231.